The van der Waals surface area contributed by atoms with Gasteiger partial charge in [-0.3, -0.25) is 4.79 Å². The highest BCUT2D eigenvalue weighted by molar-refractivity contribution is 6.32. The van der Waals surface area contributed by atoms with Gasteiger partial charge in [-0.2, -0.15) is 5.26 Å². The van der Waals surface area contributed by atoms with E-state index in [4.69, 9.17) is 22.0 Å². The number of rotatable bonds is 5. The van der Waals surface area contributed by atoms with E-state index in [9.17, 15) is 4.79 Å². The highest BCUT2D eigenvalue weighted by Crippen LogP contribution is 2.20. The van der Waals surface area contributed by atoms with Gasteiger partial charge in [-0.15, -0.1) is 0 Å². The first-order chi connectivity index (χ1) is 10.6. The van der Waals surface area contributed by atoms with E-state index >= 15 is 0 Å². The molecule has 118 valence electrons. The van der Waals surface area contributed by atoms with Crippen LogP contribution in [0.25, 0.3) is 0 Å². The lowest BCUT2D eigenvalue weighted by atomic mass is 9.98. The molecule has 1 fully saturated rings. The Morgan fingerprint density at radius 3 is 2.77 bits per heavy atom. The second kappa shape index (κ2) is 8.14. The monoisotopic (exact) mass is 321 g/mol. The van der Waals surface area contributed by atoms with Crippen molar-refractivity contribution in [3.8, 4) is 6.07 Å². The van der Waals surface area contributed by atoms with Crippen LogP contribution < -0.4 is 5.32 Å². The molecule has 1 aliphatic heterocycles. The fraction of sp³-hybridized carbons (Fsp3) is 0.500. The standard InChI is InChI=1S/C16H20ClN3O2/c17-15-9-14(2-1-13(15)10-18)19-16(22)5-8-20-6-3-12(11-21)4-7-20/h1-2,9,12,21H,3-8,11H2,(H,19,22). The predicted molar refractivity (Wildman–Crippen MR) is 85.7 cm³/mol. The number of carbonyl (C=O) groups is 1. The van der Waals surface area contributed by atoms with Crippen LogP contribution in [0.4, 0.5) is 5.69 Å². The molecule has 1 saturated heterocycles. The van der Waals surface area contributed by atoms with Gasteiger partial charge >= 0.3 is 0 Å². The Balaban J connectivity index is 1.76. The molecule has 1 amide bonds. The number of piperidine rings is 1. The third kappa shape index (κ3) is 4.70. The maximum atomic E-state index is 12.0. The smallest absolute Gasteiger partial charge is 0.225 e. The topological polar surface area (TPSA) is 76.4 Å². The van der Waals surface area contributed by atoms with E-state index in [0.29, 0.717) is 35.2 Å². The number of nitrogens with zero attached hydrogens (tertiary/aromatic N) is 2. The number of anilines is 1. The van der Waals surface area contributed by atoms with Crippen LogP contribution in [0.15, 0.2) is 18.2 Å². The molecular formula is C16H20ClN3O2. The first-order valence-electron chi connectivity index (χ1n) is 7.45. The largest absolute Gasteiger partial charge is 0.396 e. The summed E-state index contributed by atoms with van der Waals surface area (Å²) in [6, 6.07) is 6.84. The number of carbonyl (C=O) groups excluding carboxylic acids is 1. The Bertz CT molecular complexity index is 563. The van der Waals surface area contributed by atoms with Gasteiger partial charge < -0.3 is 15.3 Å². The summed E-state index contributed by atoms with van der Waals surface area (Å²) in [4.78, 5) is 14.2. The van der Waals surface area contributed by atoms with Crippen molar-refractivity contribution in [1.82, 2.24) is 4.90 Å². The maximum Gasteiger partial charge on any atom is 0.225 e. The Hall–Kier alpha value is -1.61. The van der Waals surface area contributed by atoms with Crippen LogP contribution in [-0.4, -0.2) is 42.2 Å². The van der Waals surface area contributed by atoms with E-state index in [-0.39, 0.29) is 12.5 Å². The second-order valence-electron chi connectivity index (χ2n) is 5.57. The quantitative estimate of drug-likeness (QED) is 0.872. The molecule has 1 heterocycles. The van der Waals surface area contributed by atoms with Gasteiger partial charge in [-0.25, -0.2) is 0 Å². The number of nitrogens with one attached hydrogen (secondary N) is 1. The molecule has 2 N–H and O–H groups in total. The molecule has 0 aromatic heterocycles. The molecule has 1 aromatic carbocycles. The third-order valence-electron chi connectivity index (χ3n) is 3.99. The highest BCUT2D eigenvalue weighted by Gasteiger charge is 2.18. The predicted octanol–water partition coefficient (Wildman–Crippen LogP) is 2.24. The van der Waals surface area contributed by atoms with Crippen LogP contribution in [0, 0.1) is 17.2 Å². The van der Waals surface area contributed by atoms with E-state index in [2.05, 4.69) is 10.2 Å². The lowest BCUT2D eigenvalue weighted by Gasteiger charge is -2.30. The van der Waals surface area contributed by atoms with Crippen LogP contribution in [-0.2, 0) is 4.79 Å². The number of halogens is 1. The zero-order valence-corrected chi connectivity index (χ0v) is 13.1. The molecule has 0 unspecified atom stereocenters. The van der Waals surface area contributed by atoms with Crippen LogP contribution in [0.5, 0.6) is 0 Å². The molecular weight excluding hydrogens is 302 g/mol. The van der Waals surface area contributed by atoms with E-state index in [1.54, 1.807) is 18.2 Å². The van der Waals surface area contributed by atoms with Gasteiger partial charge in [0.25, 0.3) is 0 Å². The molecule has 0 atom stereocenters. The highest BCUT2D eigenvalue weighted by atomic mass is 35.5. The van der Waals surface area contributed by atoms with E-state index in [1.807, 2.05) is 6.07 Å². The second-order valence-corrected chi connectivity index (χ2v) is 5.98. The van der Waals surface area contributed by atoms with Crippen molar-refractivity contribution in [2.45, 2.75) is 19.3 Å². The lowest BCUT2D eigenvalue weighted by molar-refractivity contribution is -0.116. The van der Waals surface area contributed by atoms with Crippen molar-refractivity contribution in [2.24, 2.45) is 5.92 Å². The molecule has 6 heteroatoms. The molecule has 1 aromatic rings. The number of aliphatic hydroxyl groups is 1. The van der Waals surface area contributed by atoms with Gasteiger partial charge in [0.1, 0.15) is 6.07 Å². The average molecular weight is 322 g/mol. The minimum Gasteiger partial charge on any atom is -0.396 e. The lowest BCUT2D eigenvalue weighted by Crippen LogP contribution is -2.36. The Morgan fingerprint density at radius 2 is 2.18 bits per heavy atom. The Labute approximate surface area is 135 Å². The fourth-order valence-corrected chi connectivity index (χ4v) is 2.78. The molecule has 1 aliphatic rings. The fourth-order valence-electron chi connectivity index (χ4n) is 2.56. The molecule has 0 spiro atoms. The third-order valence-corrected chi connectivity index (χ3v) is 4.31. The maximum absolute atomic E-state index is 12.0. The van der Waals surface area contributed by atoms with Crippen molar-refractivity contribution in [3.05, 3.63) is 28.8 Å². The zero-order valence-electron chi connectivity index (χ0n) is 12.4. The molecule has 2 rings (SSSR count). The Morgan fingerprint density at radius 1 is 1.45 bits per heavy atom. The molecule has 0 aliphatic carbocycles. The summed E-state index contributed by atoms with van der Waals surface area (Å²) in [7, 11) is 0. The zero-order chi connectivity index (χ0) is 15.9. The molecule has 0 radical (unpaired) electrons. The van der Waals surface area contributed by atoms with Crippen LogP contribution >= 0.6 is 11.6 Å². The number of benzene rings is 1. The van der Waals surface area contributed by atoms with Crippen molar-refractivity contribution < 1.29 is 9.90 Å². The van der Waals surface area contributed by atoms with Crippen molar-refractivity contribution in [3.63, 3.8) is 0 Å². The number of amides is 1. The van der Waals surface area contributed by atoms with Gasteiger partial charge in [-0.1, -0.05) is 11.6 Å². The number of hydrogen-bond acceptors (Lipinski definition) is 4. The number of nitriles is 1. The van der Waals surface area contributed by atoms with Gasteiger partial charge in [0.15, 0.2) is 0 Å². The van der Waals surface area contributed by atoms with E-state index in [1.165, 1.54) is 0 Å². The normalized spacial score (nSPS) is 16.2. The molecule has 22 heavy (non-hydrogen) atoms. The van der Waals surface area contributed by atoms with Gasteiger partial charge in [-0.05, 0) is 50.0 Å². The summed E-state index contributed by atoms with van der Waals surface area (Å²) in [5.41, 5.74) is 0.999. The first-order valence-corrected chi connectivity index (χ1v) is 7.83. The summed E-state index contributed by atoms with van der Waals surface area (Å²) in [5.74, 6) is 0.343. The summed E-state index contributed by atoms with van der Waals surface area (Å²) in [5, 5.41) is 21.1. The van der Waals surface area contributed by atoms with Crippen LogP contribution in [0.2, 0.25) is 5.02 Å². The Kier molecular flexibility index (Phi) is 6.20. The van der Waals surface area contributed by atoms with Gasteiger partial charge in [0, 0.05) is 25.3 Å². The molecule has 5 nitrogen and oxygen atoms in total. The summed E-state index contributed by atoms with van der Waals surface area (Å²) in [6.07, 6.45) is 2.40. The molecule has 0 saturated carbocycles. The van der Waals surface area contributed by atoms with E-state index < -0.39 is 0 Å². The SMILES string of the molecule is N#Cc1ccc(NC(=O)CCN2CCC(CO)CC2)cc1Cl. The summed E-state index contributed by atoms with van der Waals surface area (Å²) >= 11 is 5.94. The molecule has 0 bridgehead atoms. The van der Waals surface area contributed by atoms with Crippen molar-refractivity contribution >= 4 is 23.2 Å². The van der Waals surface area contributed by atoms with Crippen LogP contribution in [0.3, 0.4) is 0 Å². The minimum atomic E-state index is -0.0648. The van der Waals surface area contributed by atoms with Gasteiger partial charge in [0.2, 0.25) is 5.91 Å². The summed E-state index contributed by atoms with van der Waals surface area (Å²) < 4.78 is 0. The number of likely N-dealkylation sites (tertiary alicyclic amines) is 1. The van der Waals surface area contributed by atoms with Gasteiger partial charge in [0.05, 0.1) is 10.6 Å². The minimum absolute atomic E-state index is 0.0648. The van der Waals surface area contributed by atoms with Crippen molar-refractivity contribution in [1.29, 1.82) is 5.26 Å². The van der Waals surface area contributed by atoms with E-state index in [0.717, 1.165) is 25.9 Å². The first kappa shape index (κ1) is 16.8. The number of aliphatic hydroxyl groups excluding tert-OH is 1. The number of hydrogen-bond donors (Lipinski definition) is 2. The van der Waals surface area contributed by atoms with Crippen LogP contribution in [0.1, 0.15) is 24.8 Å². The van der Waals surface area contributed by atoms with Crippen molar-refractivity contribution in [2.75, 3.05) is 31.6 Å². The summed E-state index contributed by atoms with van der Waals surface area (Å²) in [6.45, 7) is 2.84. The average Bonchev–Trinajstić information content (AvgIpc) is 2.53.